The van der Waals surface area contributed by atoms with Crippen molar-refractivity contribution < 1.29 is 14.0 Å². The molecular weight excluding hydrogens is 311 g/mol. The van der Waals surface area contributed by atoms with Crippen LogP contribution in [-0.4, -0.2) is 34.2 Å². The summed E-state index contributed by atoms with van der Waals surface area (Å²) in [5.74, 6) is -0.825. The van der Waals surface area contributed by atoms with E-state index < -0.39 is 6.04 Å². The SMILES string of the molecule is Cc1cc(F)ccc1N1CCC[C@@H](NC(=O)c2cnn(C)c2)C1=O. The molecular formula is C17H19FN4O2. The minimum Gasteiger partial charge on any atom is -0.340 e. The lowest BCUT2D eigenvalue weighted by Gasteiger charge is -2.33. The fourth-order valence-electron chi connectivity index (χ4n) is 2.95. The van der Waals surface area contributed by atoms with Crippen molar-refractivity contribution in [2.45, 2.75) is 25.8 Å². The number of aryl methyl sites for hydroxylation is 2. The maximum atomic E-state index is 13.3. The highest BCUT2D eigenvalue weighted by molar-refractivity contribution is 6.03. The molecule has 1 aliphatic rings. The van der Waals surface area contributed by atoms with Crippen molar-refractivity contribution in [2.75, 3.05) is 11.4 Å². The molecule has 1 fully saturated rings. The summed E-state index contributed by atoms with van der Waals surface area (Å²) in [6.45, 7) is 2.33. The maximum Gasteiger partial charge on any atom is 0.255 e. The summed E-state index contributed by atoms with van der Waals surface area (Å²) >= 11 is 0. The molecule has 1 aliphatic heterocycles. The van der Waals surface area contributed by atoms with Gasteiger partial charge >= 0.3 is 0 Å². The predicted molar refractivity (Wildman–Crippen MR) is 87.2 cm³/mol. The Kier molecular flexibility index (Phi) is 4.33. The Bertz CT molecular complexity index is 787. The Morgan fingerprint density at radius 1 is 1.42 bits per heavy atom. The number of hydrogen-bond donors (Lipinski definition) is 1. The number of nitrogens with one attached hydrogen (secondary N) is 1. The van der Waals surface area contributed by atoms with Gasteiger partial charge in [0.05, 0.1) is 11.8 Å². The summed E-state index contributed by atoms with van der Waals surface area (Å²) in [4.78, 5) is 26.6. The molecule has 0 bridgehead atoms. The van der Waals surface area contributed by atoms with Gasteiger partial charge in [0.2, 0.25) is 5.91 Å². The number of anilines is 1. The Morgan fingerprint density at radius 3 is 2.88 bits per heavy atom. The Morgan fingerprint density at radius 2 is 2.21 bits per heavy atom. The zero-order valence-corrected chi connectivity index (χ0v) is 13.6. The lowest BCUT2D eigenvalue weighted by atomic mass is 10.0. The second-order valence-corrected chi connectivity index (χ2v) is 5.99. The molecule has 126 valence electrons. The number of halogens is 1. The Balaban J connectivity index is 1.76. The summed E-state index contributed by atoms with van der Waals surface area (Å²) in [5, 5.41) is 6.73. The van der Waals surface area contributed by atoms with E-state index in [9.17, 15) is 14.0 Å². The molecule has 2 amide bonds. The van der Waals surface area contributed by atoms with Crippen molar-refractivity contribution in [3.63, 3.8) is 0 Å². The third-order valence-electron chi connectivity index (χ3n) is 4.16. The highest BCUT2D eigenvalue weighted by Crippen LogP contribution is 2.25. The van der Waals surface area contributed by atoms with Gasteiger partial charge in [-0.25, -0.2) is 4.39 Å². The van der Waals surface area contributed by atoms with Gasteiger partial charge in [0.1, 0.15) is 11.9 Å². The average Bonchev–Trinajstić information content (AvgIpc) is 2.97. The van der Waals surface area contributed by atoms with Crippen LogP contribution in [0, 0.1) is 12.7 Å². The lowest BCUT2D eigenvalue weighted by Crippen LogP contribution is -2.52. The second-order valence-electron chi connectivity index (χ2n) is 5.99. The van der Waals surface area contributed by atoms with Crippen LogP contribution in [-0.2, 0) is 11.8 Å². The van der Waals surface area contributed by atoms with Crippen LogP contribution in [0.5, 0.6) is 0 Å². The fourth-order valence-corrected chi connectivity index (χ4v) is 2.95. The van der Waals surface area contributed by atoms with Crippen LogP contribution >= 0.6 is 0 Å². The van der Waals surface area contributed by atoms with Gasteiger partial charge in [-0.2, -0.15) is 5.10 Å². The lowest BCUT2D eigenvalue weighted by molar-refractivity contribution is -0.121. The molecule has 7 heteroatoms. The minimum atomic E-state index is -0.587. The number of nitrogens with zero attached hydrogens (tertiary/aromatic N) is 3. The number of aromatic nitrogens is 2. The topological polar surface area (TPSA) is 67.2 Å². The molecule has 6 nitrogen and oxygen atoms in total. The van der Waals surface area contributed by atoms with Crippen molar-refractivity contribution >= 4 is 17.5 Å². The van der Waals surface area contributed by atoms with Crippen molar-refractivity contribution in [1.29, 1.82) is 0 Å². The van der Waals surface area contributed by atoms with Crippen LogP contribution in [0.3, 0.4) is 0 Å². The van der Waals surface area contributed by atoms with Crippen molar-refractivity contribution in [2.24, 2.45) is 7.05 Å². The molecule has 24 heavy (non-hydrogen) atoms. The van der Waals surface area contributed by atoms with Gasteiger partial charge in [0.15, 0.2) is 0 Å². The van der Waals surface area contributed by atoms with E-state index in [-0.39, 0.29) is 17.6 Å². The maximum absolute atomic E-state index is 13.3. The van der Waals surface area contributed by atoms with Crippen LogP contribution < -0.4 is 10.2 Å². The van der Waals surface area contributed by atoms with E-state index in [1.807, 2.05) is 0 Å². The molecule has 0 unspecified atom stereocenters. The summed E-state index contributed by atoms with van der Waals surface area (Å²) in [6.07, 6.45) is 4.41. The zero-order valence-electron chi connectivity index (χ0n) is 13.6. The van der Waals surface area contributed by atoms with E-state index >= 15 is 0 Å². The monoisotopic (exact) mass is 330 g/mol. The molecule has 3 rings (SSSR count). The predicted octanol–water partition coefficient (Wildman–Crippen LogP) is 1.79. The van der Waals surface area contributed by atoms with Crippen LogP contribution in [0.1, 0.15) is 28.8 Å². The van der Waals surface area contributed by atoms with E-state index in [0.717, 1.165) is 6.42 Å². The quantitative estimate of drug-likeness (QED) is 0.933. The summed E-state index contributed by atoms with van der Waals surface area (Å²) in [7, 11) is 1.72. The van der Waals surface area contributed by atoms with Gasteiger partial charge in [-0.3, -0.25) is 14.3 Å². The van der Waals surface area contributed by atoms with Gasteiger partial charge < -0.3 is 10.2 Å². The average molecular weight is 330 g/mol. The van der Waals surface area contributed by atoms with Crippen molar-refractivity contribution in [1.82, 2.24) is 15.1 Å². The van der Waals surface area contributed by atoms with Crippen LogP contribution in [0.15, 0.2) is 30.6 Å². The number of rotatable bonds is 3. The van der Waals surface area contributed by atoms with Gasteiger partial charge in [-0.15, -0.1) is 0 Å². The normalized spacial score (nSPS) is 17.9. The molecule has 2 heterocycles. The van der Waals surface area contributed by atoms with Crippen LogP contribution in [0.4, 0.5) is 10.1 Å². The van der Waals surface area contributed by atoms with E-state index in [2.05, 4.69) is 10.4 Å². The molecule has 1 atom stereocenters. The number of benzene rings is 1. The third-order valence-corrected chi connectivity index (χ3v) is 4.16. The molecule has 0 spiro atoms. The van der Waals surface area contributed by atoms with Crippen LogP contribution in [0.25, 0.3) is 0 Å². The van der Waals surface area contributed by atoms with Crippen molar-refractivity contribution in [3.05, 3.63) is 47.5 Å². The summed E-state index contributed by atoms with van der Waals surface area (Å²) in [5.41, 5.74) is 1.80. The molecule has 1 saturated heterocycles. The first-order chi connectivity index (χ1) is 11.5. The summed E-state index contributed by atoms with van der Waals surface area (Å²) in [6, 6.07) is 3.76. The molecule has 2 aromatic rings. The summed E-state index contributed by atoms with van der Waals surface area (Å²) < 4.78 is 14.8. The van der Waals surface area contributed by atoms with Crippen molar-refractivity contribution in [3.8, 4) is 0 Å². The van der Waals surface area contributed by atoms with E-state index in [4.69, 9.17) is 0 Å². The number of carbonyl (C=O) groups excluding carboxylic acids is 2. The molecule has 0 aliphatic carbocycles. The number of hydrogen-bond acceptors (Lipinski definition) is 3. The van der Waals surface area contributed by atoms with E-state index in [0.29, 0.717) is 29.8 Å². The molecule has 1 aromatic heterocycles. The smallest absolute Gasteiger partial charge is 0.255 e. The van der Waals surface area contributed by atoms with E-state index in [1.54, 1.807) is 31.1 Å². The fraction of sp³-hybridized carbons (Fsp3) is 0.353. The number of carbonyl (C=O) groups is 2. The second kappa shape index (κ2) is 6.43. The van der Waals surface area contributed by atoms with Gasteiger partial charge in [-0.1, -0.05) is 0 Å². The highest BCUT2D eigenvalue weighted by Gasteiger charge is 2.31. The van der Waals surface area contributed by atoms with Gasteiger partial charge in [0.25, 0.3) is 5.91 Å². The molecule has 1 N–H and O–H groups in total. The largest absolute Gasteiger partial charge is 0.340 e. The van der Waals surface area contributed by atoms with Gasteiger partial charge in [-0.05, 0) is 43.5 Å². The van der Waals surface area contributed by atoms with E-state index in [1.165, 1.54) is 23.0 Å². The Hall–Kier alpha value is -2.70. The number of piperidine rings is 1. The first kappa shape index (κ1) is 16.2. The minimum absolute atomic E-state index is 0.173. The first-order valence-corrected chi connectivity index (χ1v) is 7.83. The molecule has 0 radical (unpaired) electrons. The number of amides is 2. The van der Waals surface area contributed by atoms with Gasteiger partial charge in [0, 0.05) is 25.5 Å². The molecule has 1 aromatic carbocycles. The highest BCUT2D eigenvalue weighted by atomic mass is 19.1. The van der Waals surface area contributed by atoms with Crippen LogP contribution in [0.2, 0.25) is 0 Å². The zero-order chi connectivity index (χ0) is 17.3. The Labute approximate surface area is 139 Å². The third kappa shape index (κ3) is 3.15. The first-order valence-electron chi connectivity index (χ1n) is 7.83. The molecule has 0 saturated carbocycles. The standard InChI is InChI=1S/C17H19FN4O2/c1-11-8-13(18)5-6-15(11)22-7-3-4-14(17(22)24)20-16(23)12-9-19-21(2)10-12/h5-6,8-10,14H,3-4,7H2,1-2H3,(H,20,23)/t14-/m1/s1.